The number of carbonyl (C=O) groups is 1. The van der Waals surface area contributed by atoms with E-state index < -0.39 is 0 Å². The summed E-state index contributed by atoms with van der Waals surface area (Å²) in [6.07, 6.45) is 4.06. The molecule has 2 aliphatic rings. The molecule has 2 aromatic rings. The number of hydrogen-bond acceptors (Lipinski definition) is 6. The summed E-state index contributed by atoms with van der Waals surface area (Å²) in [5.74, 6) is 1.72. The molecule has 2 saturated heterocycles. The van der Waals surface area contributed by atoms with Crippen LogP contribution in [0.2, 0.25) is 0 Å². The molecular formula is C17H20N4O2S. The third-order valence-electron chi connectivity index (χ3n) is 4.82. The topological polar surface area (TPSA) is 67.3 Å². The van der Waals surface area contributed by atoms with Crippen LogP contribution >= 0.6 is 11.3 Å². The maximum Gasteiger partial charge on any atom is 0.220 e. The van der Waals surface area contributed by atoms with Crippen molar-refractivity contribution in [3.63, 3.8) is 0 Å². The molecule has 24 heavy (non-hydrogen) atoms. The van der Waals surface area contributed by atoms with E-state index in [-0.39, 0.29) is 17.9 Å². The Kier molecular flexibility index (Phi) is 4.44. The fraction of sp³-hybridized carbons (Fsp3) is 0.471. The summed E-state index contributed by atoms with van der Waals surface area (Å²) in [7, 11) is 0. The number of fused-ring (bicyclic) bond motifs is 1. The minimum absolute atomic E-state index is 0.109. The molecule has 0 spiro atoms. The normalized spacial score (nSPS) is 25.7. The molecule has 0 bridgehead atoms. The molecule has 1 N–H and O–H groups in total. The summed E-state index contributed by atoms with van der Waals surface area (Å²) in [5.41, 5.74) is 0. The van der Waals surface area contributed by atoms with Crippen LogP contribution in [0.5, 0.6) is 0 Å². The van der Waals surface area contributed by atoms with Crippen LogP contribution in [0.1, 0.15) is 11.3 Å². The first-order valence-corrected chi connectivity index (χ1v) is 9.09. The summed E-state index contributed by atoms with van der Waals surface area (Å²) in [5, 5.41) is 5.04. The first-order valence-electron chi connectivity index (χ1n) is 8.21. The van der Waals surface area contributed by atoms with Crippen LogP contribution in [0.15, 0.2) is 36.1 Å². The Balaban J connectivity index is 1.32. The van der Waals surface area contributed by atoms with Gasteiger partial charge in [-0.05, 0) is 23.4 Å². The minimum atomic E-state index is 0.109. The minimum Gasteiger partial charge on any atom is -0.376 e. The predicted molar refractivity (Wildman–Crippen MR) is 91.7 cm³/mol. The van der Waals surface area contributed by atoms with Crippen molar-refractivity contribution in [1.82, 2.24) is 15.3 Å². The highest BCUT2D eigenvalue weighted by Gasteiger charge is 2.44. The van der Waals surface area contributed by atoms with E-state index in [1.165, 1.54) is 4.88 Å². The lowest BCUT2D eigenvalue weighted by molar-refractivity contribution is -0.122. The third kappa shape index (κ3) is 3.27. The van der Waals surface area contributed by atoms with Gasteiger partial charge in [0.2, 0.25) is 5.91 Å². The monoisotopic (exact) mass is 344 g/mol. The quantitative estimate of drug-likeness (QED) is 0.894. The van der Waals surface area contributed by atoms with Crippen molar-refractivity contribution in [2.75, 3.05) is 24.6 Å². The summed E-state index contributed by atoms with van der Waals surface area (Å²) >= 11 is 1.66. The van der Waals surface area contributed by atoms with Crippen molar-refractivity contribution in [2.24, 2.45) is 11.8 Å². The Morgan fingerprint density at radius 2 is 2.38 bits per heavy atom. The number of nitrogens with zero attached hydrogens (tertiary/aromatic N) is 3. The summed E-state index contributed by atoms with van der Waals surface area (Å²) < 4.78 is 5.93. The molecule has 2 aromatic heterocycles. The van der Waals surface area contributed by atoms with Gasteiger partial charge in [0.05, 0.1) is 19.3 Å². The highest BCUT2D eigenvalue weighted by molar-refractivity contribution is 7.09. The molecule has 3 atom stereocenters. The fourth-order valence-corrected chi connectivity index (χ4v) is 4.22. The zero-order valence-corrected chi connectivity index (χ0v) is 14.1. The molecule has 0 radical (unpaired) electrons. The number of hydrogen-bond donors (Lipinski definition) is 1. The zero-order chi connectivity index (χ0) is 16.4. The number of aromatic nitrogens is 2. The molecule has 2 aliphatic heterocycles. The average Bonchev–Trinajstić information content (AvgIpc) is 3.32. The van der Waals surface area contributed by atoms with Gasteiger partial charge in [-0.1, -0.05) is 6.07 Å². The van der Waals surface area contributed by atoms with Crippen molar-refractivity contribution in [3.05, 3.63) is 41.0 Å². The molecule has 0 aromatic carbocycles. The molecule has 4 rings (SSSR count). The van der Waals surface area contributed by atoms with Crippen molar-refractivity contribution in [1.29, 1.82) is 0 Å². The number of rotatable bonds is 5. The molecule has 7 heteroatoms. The Labute approximate surface area is 144 Å². The number of amides is 1. The van der Waals surface area contributed by atoms with E-state index in [1.54, 1.807) is 23.9 Å². The van der Waals surface area contributed by atoms with E-state index in [4.69, 9.17) is 4.74 Å². The standard InChI is InChI=1S/C17H20N4O2S/c22-17(19-7-13-2-1-5-24-13)6-12-10-23-15-9-21(8-14(12)15)16-3-4-18-11-20-16/h1-5,11-12,14-15H,6-10H2,(H,19,22)/t12-,14-,15-/m1/s1. The number of carbonyl (C=O) groups excluding carboxylic acids is 1. The molecular weight excluding hydrogens is 324 g/mol. The van der Waals surface area contributed by atoms with E-state index in [1.807, 2.05) is 23.6 Å². The van der Waals surface area contributed by atoms with Gasteiger partial charge in [0.1, 0.15) is 12.1 Å². The molecule has 126 valence electrons. The van der Waals surface area contributed by atoms with Crippen LogP contribution in [0.25, 0.3) is 0 Å². The number of anilines is 1. The molecule has 6 nitrogen and oxygen atoms in total. The van der Waals surface area contributed by atoms with Gasteiger partial charge in [-0.25, -0.2) is 9.97 Å². The Hall–Kier alpha value is -1.99. The largest absolute Gasteiger partial charge is 0.376 e. The van der Waals surface area contributed by atoms with Crippen LogP contribution < -0.4 is 10.2 Å². The van der Waals surface area contributed by atoms with Crippen molar-refractivity contribution >= 4 is 23.1 Å². The third-order valence-corrected chi connectivity index (χ3v) is 5.69. The fourth-order valence-electron chi connectivity index (χ4n) is 3.58. The highest BCUT2D eigenvalue weighted by atomic mass is 32.1. The van der Waals surface area contributed by atoms with Gasteiger partial charge in [-0.3, -0.25) is 4.79 Å². The molecule has 0 saturated carbocycles. The first-order chi connectivity index (χ1) is 11.8. The van der Waals surface area contributed by atoms with E-state index in [2.05, 4.69) is 20.2 Å². The number of thiophene rings is 1. The van der Waals surface area contributed by atoms with Gasteiger partial charge in [0.25, 0.3) is 0 Å². The van der Waals surface area contributed by atoms with Gasteiger partial charge in [0, 0.05) is 36.5 Å². The molecule has 4 heterocycles. The lowest BCUT2D eigenvalue weighted by Gasteiger charge is -2.20. The SMILES string of the molecule is O=C(C[C@@H]1CO[C@@H]2CN(c3ccncn3)C[C@H]12)NCc1cccs1. The smallest absolute Gasteiger partial charge is 0.220 e. The summed E-state index contributed by atoms with van der Waals surface area (Å²) in [6.45, 7) is 3.03. The second kappa shape index (κ2) is 6.86. The number of nitrogens with one attached hydrogen (secondary N) is 1. The van der Waals surface area contributed by atoms with E-state index in [0.717, 1.165) is 18.9 Å². The van der Waals surface area contributed by atoms with Gasteiger partial charge in [-0.15, -0.1) is 11.3 Å². The van der Waals surface area contributed by atoms with Crippen LogP contribution in [0.4, 0.5) is 5.82 Å². The highest BCUT2D eigenvalue weighted by Crippen LogP contribution is 2.36. The second-order valence-corrected chi connectivity index (χ2v) is 7.36. The maximum absolute atomic E-state index is 12.2. The average molecular weight is 344 g/mol. The van der Waals surface area contributed by atoms with Crippen LogP contribution in [0, 0.1) is 11.8 Å². The molecule has 0 aliphatic carbocycles. The Bertz CT molecular complexity index is 679. The molecule has 1 amide bonds. The molecule has 2 fully saturated rings. The second-order valence-electron chi connectivity index (χ2n) is 6.33. The maximum atomic E-state index is 12.2. The summed E-state index contributed by atoms with van der Waals surface area (Å²) in [4.78, 5) is 23.9. The van der Waals surface area contributed by atoms with Crippen LogP contribution in [0.3, 0.4) is 0 Å². The first kappa shape index (κ1) is 15.5. The van der Waals surface area contributed by atoms with Gasteiger partial charge in [-0.2, -0.15) is 0 Å². The van der Waals surface area contributed by atoms with E-state index in [9.17, 15) is 4.79 Å². The Morgan fingerprint density at radius 3 is 3.17 bits per heavy atom. The van der Waals surface area contributed by atoms with Gasteiger partial charge >= 0.3 is 0 Å². The lowest BCUT2D eigenvalue weighted by Crippen LogP contribution is -2.29. The van der Waals surface area contributed by atoms with E-state index >= 15 is 0 Å². The van der Waals surface area contributed by atoms with Crippen LogP contribution in [-0.2, 0) is 16.1 Å². The van der Waals surface area contributed by atoms with Gasteiger partial charge < -0.3 is 15.0 Å². The van der Waals surface area contributed by atoms with Gasteiger partial charge in [0.15, 0.2) is 0 Å². The summed E-state index contributed by atoms with van der Waals surface area (Å²) in [6, 6.07) is 5.96. The van der Waals surface area contributed by atoms with Crippen LogP contribution in [-0.4, -0.2) is 41.7 Å². The van der Waals surface area contributed by atoms with Crippen molar-refractivity contribution < 1.29 is 9.53 Å². The number of ether oxygens (including phenoxy) is 1. The van der Waals surface area contributed by atoms with Crippen molar-refractivity contribution in [2.45, 2.75) is 19.1 Å². The molecule has 0 unspecified atom stereocenters. The predicted octanol–water partition coefficient (Wildman–Crippen LogP) is 1.70. The van der Waals surface area contributed by atoms with E-state index in [0.29, 0.717) is 25.5 Å². The Morgan fingerprint density at radius 1 is 1.42 bits per heavy atom. The van der Waals surface area contributed by atoms with Crippen molar-refractivity contribution in [3.8, 4) is 0 Å². The lowest BCUT2D eigenvalue weighted by atomic mass is 9.90. The zero-order valence-electron chi connectivity index (χ0n) is 13.3.